The second-order valence-electron chi connectivity index (χ2n) is 8.57. The van der Waals surface area contributed by atoms with Gasteiger partial charge in [0.15, 0.2) is 0 Å². The van der Waals surface area contributed by atoms with Crippen LogP contribution in [0, 0.1) is 23.2 Å². The van der Waals surface area contributed by atoms with Crippen LogP contribution in [0.4, 0.5) is 0 Å². The Labute approximate surface area is 141 Å². The molecule has 3 rings (SSSR count). The Balaban J connectivity index is 1.82. The highest BCUT2D eigenvalue weighted by molar-refractivity contribution is 5.66. The van der Waals surface area contributed by atoms with E-state index in [9.17, 15) is 4.79 Å². The van der Waals surface area contributed by atoms with Gasteiger partial charge in [-0.1, -0.05) is 37.0 Å². The fourth-order valence-electron chi connectivity index (χ4n) is 5.92. The summed E-state index contributed by atoms with van der Waals surface area (Å²) < 4.78 is 0. The van der Waals surface area contributed by atoms with Crippen molar-refractivity contribution in [1.29, 1.82) is 0 Å². The summed E-state index contributed by atoms with van der Waals surface area (Å²) in [6, 6.07) is 0. The van der Waals surface area contributed by atoms with Crippen molar-refractivity contribution in [1.82, 2.24) is 0 Å². The highest BCUT2D eigenvalue weighted by Crippen LogP contribution is 2.60. The van der Waals surface area contributed by atoms with E-state index in [1.807, 2.05) is 0 Å². The molecule has 128 valence electrons. The summed E-state index contributed by atoms with van der Waals surface area (Å²) in [6.45, 7) is 7.00. The number of carbonyl (C=O) groups is 1. The molecule has 0 heterocycles. The molecule has 0 aromatic heterocycles. The van der Waals surface area contributed by atoms with Crippen LogP contribution in [0.1, 0.15) is 78.6 Å². The zero-order valence-electron chi connectivity index (χ0n) is 15.0. The van der Waals surface area contributed by atoms with Gasteiger partial charge in [0.1, 0.15) is 0 Å². The zero-order chi connectivity index (χ0) is 16.6. The molecule has 2 heteroatoms. The third-order valence-corrected chi connectivity index (χ3v) is 7.13. The molecule has 0 spiro atoms. The van der Waals surface area contributed by atoms with E-state index in [4.69, 9.17) is 5.11 Å². The number of hydrogen-bond acceptors (Lipinski definition) is 1. The van der Waals surface area contributed by atoms with Crippen molar-refractivity contribution in [3.63, 3.8) is 0 Å². The predicted octanol–water partition coefficient (Wildman–Crippen LogP) is 5.74. The molecule has 0 saturated heterocycles. The topological polar surface area (TPSA) is 37.3 Å². The fourth-order valence-corrected chi connectivity index (χ4v) is 5.92. The maximum Gasteiger partial charge on any atom is 0.303 e. The number of hydrogen-bond donors (Lipinski definition) is 1. The second-order valence-corrected chi connectivity index (χ2v) is 8.57. The van der Waals surface area contributed by atoms with Crippen molar-refractivity contribution >= 4 is 5.97 Å². The molecule has 3 unspecified atom stereocenters. The van der Waals surface area contributed by atoms with E-state index >= 15 is 0 Å². The molecule has 0 radical (unpaired) electrons. The Kier molecular flexibility index (Phi) is 4.71. The third kappa shape index (κ3) is 3.14. The molecule has 2 saturated carbocycles. The average Bonchev–Trinajstić information content (AvgIpc) is 2.51. The van der Waals surface area contributed by atoms with Crippen LogP contribution in [0.3, 0.4) is 0 Å². The largest absolute Gasteiger partial charge is 0.481 e. The van der Waals surface area contributed by atoms with E-state index in [1.165, 1.54) is 50.5 Å². The van der Waals surface area contributed by atoms with Crippen molar-refractivity contribution in [2.24, 2.45) is 23.2 Å². The Hall–Kier alpha value is -1.05. The highest BCUT2D eigenvalue weighted by Gasteiger charge is 2.50. The Bertz CT molecular complexity index is 538. The quantitative estimate of drug-likeness (QED) is 0.720. The molecule has 0 bridgehead atoms. The molecular formula is C21H32O2. The minimum Gasteiger partial charge on any atom is -0.481 e. The first kappa shape index (κ1) is 16.8. The van der Waals surface area contributed by atoms with Crippen LogP contribution in [0.25, 0.3) is 0 Å². The molecule has 1 N–H and O–H groups in total. The molecule has 2 nitrogen and oxygen atoms in total. The molecule has 0 aromatic carbocycles. The molecule has 0 amide bonds. The normalized spacial score (nSPS) is 36.7. The molecule has 0 aliphatic heterocycles. The molecule has 2 fully saturated rings. The summed E-state index contributed by atoms with van der Waals surface area (Å²) in [7, 11) is 0. The van der Waals surface area contributed by atoms with Crippen molar-refractivity contribution < 1.29 is 9.90 Å². The number of fused-ring (bicyclic) bond motifs is 3. The summed E-state index contributed by atoms with van der Waals surface area (Å²) >= 11 is 0. The van der Waals surface area contributed by atoms with Gasteiger partial charge in [0, 0.05) is 6.42 Å². The number of carboxylic acids is 1. The minimum absolute atomic E-state index is 0.354. The SMILES string of the molecule is CC(C)=C1C=C2CCC3C(CCC(=O)O)CCC[C@]3(C)C2CC1. The second kappa shape index (κ2) is 6.45. The Morgan fingerprint density at radius 1 is 1.26 bits per heavy atom. The van der Waals surface area contributed by atoms with E-state index in [0.29, 0.717) is 17.8 Å². The lowest BCUT2D eigenvalue weighted by Gasteiger charge is -2.56. The first-order valence-electron chi connectivity index (χ1n) is 9.50. The lowest BCUT2D eigenvalue weighted by molar-refractivity contribution is -0.137. The molecule has 0 aromatic rings. The van der Waals surface area contributed by atoms with Crippen LogP contribution in [-0.4, -0.2) is 11.1 Å². The van der Waals surface area contributed by atoms with E-state index in [0.717, 1.165) is 18.3 Å². The molecule has 4 atom stereocenters. The van der Waals surface area contributed by atoms with Gasteiger partial charge < -0.3 is 5.11 Å². The van der Waals surface area contributed by atoms with Gasteiger partial charge in [0.05, 0.1) is 0 Å². The van der Waals surface area contributed by atoms with Crippen molar-refractivity contribution in [2.45, 2.75) is 78.6 Å². The van der Waals surface area contributed by atoms with E-state index in [1.54, 1.807) is 11.1 Å². The summed E-state index contributed by atoms with van der Waals surface area (Å²) in [5.41, 5.74) is 5.16. The van der Waals surface area contributed by atoms with Crippen molar-refractivity contribution in [3.8, 4) is 0 Å². The number of rotatable bonds is 3. The van der Waals surface area contributed by atoms with Gasteiger partial charge in [0.2, 0.25) is 0 Å². The van der Waals surface area contributed by atoms with E-state index in [2.05, 4.69) is 26.8 Å². The monoisotopic (exact) mass is 316 g/mol. The van der Waals surface area contributed by atoms with Crippen LogP contribution in [0.5, 0.6) is 0 Å². The van der Waals surface area contributed by atoms with Gasteiger partial charge in [-0.05, 0) is 81.1 Å². The maximum atomic E-state index is 11.0. The van der Waals surface area contributed by atoms with Crippen molar-refractivity contribution in [3.05, 3.63) is 22.8 Å². The van der Waals surface area contributed by atoms with Crippen LogP contribution in [0.15, 0.2) is 22.8 Å². The molecule has 3 aliphatic rings. The van der Waals surface area contributed by atoms with Gasteiger partial charge in [-0.15, -0.1) is 0 Å². The summed E-state index contributed by atoms with van der Waals surface area (Å²) in [6.07, 6.45) is 12.7. The zero-order valence-corrected chi connectivity index (χ0v) is 15.0. The minimum atomic E-state index is -0.625. The summed E-state index contributed by atoms with van der Waals surface area (Å²) in [4.78, 5) is 11.0. The van der Waals surface area contributed by atoms with Gasteiger partial charge >= 0.3 is 5.97 Å². The van der Waals surface area contributed by atoms with E-state index < -0.39 is 5.97 Å². The molecule has 23 heavy (non-hydrogen) atoms. The Morgan fingerprint density at radius 2 is 2.04 bits per heavy atom. The van der Waals surface area contributed by atoms with Crippen LogP contribution < -0.4 is 0 Å². The number of aliphatic carboxylic acids is 1. The standard InChI is InChI=1S/C21H32O2/c1-14(2)16-6-9-19-17(13-16)7-10-18-15(8-11-20(22)23)5-4-12-21(18,19)3/h13,15,18-19H,4-12H2,1-3H3,(H,22,23)/t15?,18?,19?,21-/m0/s1. The first-order chi connectivity index (χ1) is 10.9. The molecule has 3 aliphatic carbocycles. The summed E-state index contributed by atoms with van der Waals surface area (Å²) in [5.74, 6) is 1.50. The van der Waals surface area contributed by atoms with Crippen LogP contribution in [0.2, 0.25) is 0 Å². The fraction of sp³-hybridized carbons (Fsp3) is 0.762. The van der Waals surface area contributed by atoms with Crippen LogP contribution >= 0.6 is 0 Å². The Morgan fingerprint density at radius 3 is 2.74 bits per heavy atom. The first-order valence-corrected chi connectivity index (χ1v) is 9.50. The summed E-state index contributed by atoms with van der Waals surface area (Å²) in [5, 5.41) is 9.06. The van der Waals surface area contributed by atoms with Gasteiger partial charge in [-0.25, -0.2) is 0 Å². The van der Waals surface area contributed by atoms with Crippen LogP contribution in [-0.2, 0) is 4.79 Å². The third-order valence-electron chi connectivity index (χ3n) is 7.13. The maximum absolute atomic E-state index is 11.0. The van der Waals surface area contributed by atoms with E-state index in [-0.39, 0.29) is 0 Å². The smallest absolute Gasteiger partial charge is 0.303 e. The lowest BCUT2D eigenvalue weighted by Crippen LogP contribution is -2.47. The van der Waals surface area contributed by atoms with Gasteiger partial charge in [-0.2, -0.15) is 0 Å². The predicted molar refractivity (Wildman–Crippen MR) is 94.2 cm³/mol. The van der Waals surface area contributed by atoms with Crippen molar-refractivity contribution in [2.75, 3.05) is 0 Å². The average molecular weight is 316 g/mol. The highest BCUT2D eigenvalue weighted by atomic mass is 16.4. The molecular weight excluding hydrogens is 284 g/mol. The lowest BCUT2D eigenvalue weighted by atomic mass is 9.49. The number of carboxylic acid groups (broad SMARTS) is 1. The van der Waals surface area contributed by atoms with Gasteiger partial charge in [-0.3, -0.25) is 4.79 Å². The number of allylic oxidation sites excluding steroid dienone is 4. The van der Waals surface area contributed by atoms with Gasteiger partial charge in [0.25, 0.3) is 0 Å².